The van der Waals surface area contributed by atoms with Crippen LogP contribution in [0.3, 0.4) is 0 Å². The van der Waals surface area contributed by atoms with Gasteiger partial charge in [-0.05, 0) is 296 Å². The Balaban J connectivity index is 0.000000128. The summed E-state index contributed by atoms with van der Waals surface area (Å²) in [6.07, 6.45) is 19.0. The van der Waals surface area contributed by atoms with Gasteiger partial charge in [0, 0.05) is 219 Å². The molecule has 21 rings (SSSR count). The normalized spacial score (nSPS) is 20.0. The summed E-state index contributed by atoms with van der Waals surface area (Å²) in [5, 5.41) is 38.9. The average Bonchev–Trinajstić information content (AvgIpc) is 1.64. The Morgan fingerprint density at radius 1 is 0.347 bits per heavy atom. The van der Waals surface area contributed by atoms with E-state index in [4.69, 9.17) is 41.3 Å². The second kappa shape index (κ2) is 45.6. The molecular formula is C102H138N30O12S6. The summed E-state index contributed by atoms with van der Waals surface area (Å²) in [6, 6.07) is 27.1. The maximum atomic E-state index is 12.1. The Morgan fingerprint density at radius 3 is 1.15 bits per heavy atom. The van der Waals surface area contributed by atoms with Crippen LogP contribution >= 0.6 is 0 Å². The van der Waals surface area contributed by atoms with Crippen molar-refractivity contribution in [2.45, 2.75) is 134 Å². The Bertz CT molecular complexity index is 7860. The van der Waals surface area contributed by atoms with Crippen molar-refractivity contribution in [2.24, 2.45) is 48.4 Å². The average molecular weight is 2170 g/mol. The van der Waals surface area contributed by atoms with Gasteiger partial charge in [0.1, 0.15) is 54.3 Å². The van der Waals surface area contributed by atoms with Gasteiger partial charge in [-0.3, -0.25) is 14.8 Å². The molecule has 0 spiro atoms. The fraction of sp³-hybridized carbons (Fsp3) is 0.441. The fourth-order valence-electron chi connectivity index (χ4n) is 21.3. The summed E-state index contributed by atoms with van der Waals surface area (Å²) >= 11 is 0. The number of aromatic nitrogens is 11. The van der Waals surface area contributed by atoms with E-state index >= 15 is 0 Å². The molecule has 8 aliphatic heterocycles. The number of nitrogens with two attached hydrogens (primary N) is 7. The number of nitrogens with zero attached hydrogens (tertiary/aromatic N) is 22. The molecule has 4 bridgehead atoms. The number of primary amides is 1. The van der Waals surface area contributed by atoms with E-state index in [2.05, 4.69) is 239 Å². The van der Waals surface area contributed by atoms with Gasteiger partial charge < -0.3 is 44.9 Å². The van der Waals surface area contributed by atoms with Gasteiger partial charge in [0.15, 0.2) is 6.61 Å². The molecule has 8 aliphatic rings. The van der Waals surface area contributed by atoms with Crippen LogP contribution in [0.4, 0.5) is 34.6 Å². The summed E-state index contributed by atoms with van der Waals surface area (Å²) in [7, 11) is -19.9. The summed E-state index contributed by atoms with van der Waals surface area (Å²) in [5.74, 6) is 11.3. The highest BCUT2D eigenvalue weighted by atomic mass is 32.2. The number of carbonyl (C=O) groups excluding carboxylic acids is 1. The number of aryl methyl sites for hydroxylation is 12. The zero-order valence-corrected chi connectivity index (χ0v) is 92.0. The monoisotopic (exact) mass is 2170 g/mol. The molecule has 6 unspecified atom stereocenters. The van der Waals surface area contributed by atoms with Crippen LogP contribution in [0.2, 0.25) is 0 Å². The van der Waals surface area contributed by atoms with Crippen LogP contribution in [0.1, 0.15) is 105 Å². The molecule has 1 amide bonds. The lowest BCUT2D eigenvalue weighted by Gasteiger charge is -2.33. The number of aromatic amines is 1. The Morgan fingerprint density at radius 2 is 0.713 bits per heavy atom. The lowest BCUT2D eigenvalue weighted by atomic mass is 9.99. The largest absolute Gasteiger partial charge is 0.483 e. The Labute approximate surface area is 879 Å². The predicted octanol–water partition coefficient (Wildman–Crippen LogP) is 7.44. The maximum absolute atomic E-state index is 12.1. The van der Waals surface area contributed by atoms with Gasteiger partial charge in [-0.1, -0.05) is 0 Å². The third-order valence-corrected chi connectivity index (χ3v) is 36.3. The third-order valence-electron chi connectivity index (χ3n) is 29.5. The van der Waals surface area contributed by atoms with Crippen molar-refractivity contribution in [2.75, 3.05) is 180 Å². The highest BCUT2D eigenvalue weighted by molar-refractivity contribution is 7.96. The number of H-pyrrole nitrogens is 1. The van der Waals surface area contributed by atoms with Crippen LogP contribution in [-0.2, 0) is 65.4 Å². The second-order valence-electron chi connectivity index (χ2n) is 40.4. The molecule has 15 N–H and O–H groups in total. The highest BCUT2D eigenvalue weighted by Crippen LogP contribution is 2.42. The van der Waals surface area contributed by atoms with Crippen LogP contribution in [0.5, 0.6) is 5.75 Å². The molecular weight excluding hydrogens is 2030 g/mol. The summed E-state index contributed by atoms with van der Waals surface area (Å²) in [6.45, 7) is 38.2. The van der Waals surface area contributed by atoms with Crippen LogP contribution < -0.4 is 70.7 Å². The minimum Gasteiger partial charge on any atom is -0.483 e. The van der Waals surface area contributed by atoms with Crippen molar-refractivity contribution in [1.82, 2.24) is 80.7 Å². The minimum absolute atomic E-state index is 0.0738. The molecule has 8 fully saturated rings. The van der Waals surface area contributed by atoms with E-state index in [0.717, 1.165) is 200 Å². The number of benzene rings is 6. The van der Waals surface area contributed by atoms with E-state index < -0.39 is 66.5 Å². The number of anilines is 6. The molecule has 13 aromatic rings. The van der Waals surface area contributed by atoms with Gasteiger partial charge in [-0.15, -0.1) is 0 Å². The summed E-state index contributed by atoms with van der Waals surface area (Å²) < 4.78 is 132. The van der Waals surface area contributed by atoms with E-state index in [0.29, 0.717) is 128 Å². The predicted molar refractivity (Wildman–Crippen MR) is 600 cm³/mol. The first-order valence-corrected chi connectivity index (χ1v) is 59.6. The summed E-state index contributed by atoms with van der Waals surface area (Å²) in [4.78, 5) is 72.1. The molecule has 15 heterocycles. The molecule has 0 radical (unpaired) electrons. The van der Waals surface area contributed by atoms with Crippen LogP contribution in [0, 0.1) is 94.9 Å². The van der Waals surface area contributed by atoms with E-state index in [9.17, 15) is 46.9 Å². The number of carbonyl (C=O) groups is 1. The number of fused-ring (bicyclic) bond motifs is 10. The van der Waals surface area contributed by atoms with Crippen LogP contribution in [0.25, 0.3) is 76.5 Å². The lowest BCUT2D eigenvalue weighted by molar-refractivity contribution is -0.119. The molecule has 7 aromatic heterocycles. The number of hydrogen-bond donors (Lipinski definition) is 8. The molecule has 0 saturated carbocycles. The van der Waals surface area contributed by atoms with Gasteiger partial charge in [-0.25, -0.2) is 87.7 Å². The molecule has 42 nitrogen and oxygen atoms in total. The van der Waals surface area contributed by atoms with Crippen molar-refractivity contribution < 1.29 is 51.6 Å². The van der Waals surface area contributed by atoms with Crippen LogP contribution in [-0.4, -0.2) is 303 Å². The smallest absolute Gasteiger partial charge is 0.277 e. The quantitative estimate of drug-likeness (QED) is 0.0435. The highest BCUT2D eigenvalue weighted by Gasteiger charge is 2.45. The SMILES string of the molecule is C=S(N)(=O)N1CCCN(c2ncnc3cc(-c4cc[nH]c4)c(C)cc23)CC1.C=S(N)(=O)N1CCCN(c2ncnc3cc(OCC(N)=O)c(C)cc23)CC1.Cc1cc2ncc(C)c(N3CCCN(S(N)(=O)=O)CC3)c2cc1C.Cc1cc2ncc(C)c(N3CCCN(S(N)(=O)=O)CC3)c2cc1C.Cc1cc2ncnc(N3CC4CC(C3)N(S(N)(=O)=O)C4)c2cc1C.Cc1cc2ncnc(N3CC4CC3CN(S(N)(=O)=O)C4)c2cc1C. The molecule has 8 saturated heterocycles. The molecule has 804 valence electrons. The zero-order valence-electron chi connectivity index (χ0n) is 87.1. The van der Waals surface area contributed by atoms with Crippen molar-refractivity contribution in [1.29, 1.82) is 0 Å². The Hall–Kier alpha value is -11.8. The van der Waals surface area contributed by atoms with Gasteiger partial charge in [-0.2, -0.15) is 50.9 Å². The molecule has 6 aromatic carbocycles. The minimum atomic E-state index is -3.64. The van der Waals surface area contributed by atoms with Crippen molar-refractivity contribution >= 4 is 178 Å². The second-order valence-corrected chi connectivity index (χ2v) is 50.3. The maximum Gasteiger partial charge on any atom is 0.277 e. The van der Waals surface area contributed by atoms with Gasteiger partial charge >= 0.3 is 0 Å². The molecule has 0 aliphatic carbocycles. The Kier molecular flexibility index (Phi) is 33.7. The van der Waals surface area contributed by atoms with E-state index in [1.54, 1.807) is 33.7 Å². The lowest BCUT2D eigenvalue weighted by Crippen LogP contribution is -2.47. The van der Waals surface area contributed by atoms with Crippen molar-refractivity contribution in [3.8, 4) is 16.9 Å². The number of piperidine rings is 2. The zero-order chi connectivity index (χ0) is 108. The van der Waals surface area contributed by atoms with Gasteiger partial charge in [0.05, 0.1) is 64.3 Å². The number of rotatable bonds is 16. The number of ether oxygens (including phenoxy) is 1. The number of amides is 1. The first kappa shape index (κ1) is 111. The van der Waals surface area contributed by atoms with Gasteiger partial charge in [0.2, 0.25) is 0 Å². The van der Waals surface area contributed by atoms with E-state index in [1.807, 2.05) is 37.8 Å². The number of nitrogens with one attached hydrogen (secondary N) is 1. The number of pyridine rings is 2. The van der Waals surface area contributed by atoms with Crippen molar-refractivity contribution in [3.63, 3.8) is 0 Å². The first-order valence-electron chi connectivity index (χ1n) is 50.1. The standard InChI is InChI=1S/C19H24N6OS.C17H24N6O3S.2C17H24N4O2S.2C16H21N5O2S/c1-14-10-17-18(11-16(14)15-4-5-21-12-15)22-13-23-19(17)24-6-3-7-25(9-8-24)27(2,20)26;1-12-8-13-14(9-15(12)26-10-16(18)24)20-11-21-17(13)22-4-3-5-23(7-6-22)27(2,19)25;2*1-12-9-15-16(10-13(12)2)19-11-14(3)17(15)20-5-4-6-21(8-7-20)24(18,22)23;1-10-3-14-15(4-11(10)2)18-9-19-16(14)21-7-12-5-13(21)8-20(6-12)24(17,22)23;1-10-3-14-15(4-11(10)2)18-9-19-16(14)20-6-12-5-13(8-20)21(7-12)24(17,22)23/h4-5,10-13,21H,2-3,6-9H2,1H3,(H2,20,26);8-9,11H,2-7,10H2,1H3,(H2,18,24)(H2,19,25);2*9-11H,4-8H2,1-3H3,(H2,18,22,23);2*3-4,9,12-13H,5-8H2,1-2H3,(H2,17,22,23). The molecule has 6 atom stereocenters. The molecule has 150 heavy (non-hydrogen) atoms. The fourth-order valence-corrected chi connectivity index (χ4v) is 26.2. The number of hydrogen-bond acceptors (Lipinski definition) is 28. The van der Waals surface area contributed by atoms with Crippen molar-refractivity contribution in [3.05, 3.63) is 196 Å². The van der Waals surface area contributed by atoms with Gasteiger partial charge in [0.25, 0.3) is 46.7 Å². The van der Waals surface area contributed by atoms with E-state index in [1.165, 1.54) is 73.6 Å². The topological polar surface area (TPSA) is 563 Å². The summed E-state index contributed by atoms with van der Waals surface area (Å²) in [5.41, 5.74) is 29.2. The first-order chi connectivity index (χ1) is 70.9. The third kappa shape index (κ3) is 25.9. The van der Waals surface area contributed by atoms with E-state index in [-0.39, 0.29) is 18.7 Å². The molecule has 48 heteroatoms. The van der Waals surface area contributed by atoms with Crippen LogP contribution in [0.15, 0.2) is 129 Å².